The van der Waals surface area contributed by atoms with E-state index in [0.717, 1.165) is 16.8 Å². The molecule has 7 nitrogen and oxygen atoms in total. The highest BCUT2D eigenvalue weighted by molar-refractivity contribution is 6.04. The lowest BCUT2D eigenvalue weighted by Crippen LogP contribution is -2.14. The van der Waals surface area contributed by atoms with Crippen molar-refractivity contribution in [2.45, 2.75) is 20.3 Å². The Labute approximate surface area is 186 Å². The van der Waals surface area contributed by atoms with E-state index < -0.39 is 0 Å². The fraction of sp³-hybridized carbons (Fsp3) is 0.120. The van der Waals surface area contributed by atoms with Crippen molar-refractivity contribution in [1.29, 1.82) is 0 Å². The Kier molecular flexibility index (Phi) is 6.07. The second-order valence-electron chi connectivity index (χ2n) is 7.56. The van der Waals surface area contributed by atoms with Crippen LogP contribution in [0.4, 0.5) is 11.5 Å². The Bertz CT molecular complexity index is 1280. The summed E-state index contributed by atoms with van der Waals surface area (Å²) in [5.74, 6) is 0.121. The van der Waals surface area contributed by atoms with Crippen molar-refractivity contribution in [3.05, 3.63) is 102 Å². The largest absolute Gasteiger partial charge is 0.323 e. The number of anilines is 2. The van der Waals surface area contributed by atoms with Gasteiger partial charge in [-0.15, -0.1) is 0 Å². The van der Waals surface area contributed by atoms with E-state index in [1.807, 2.05) is 56.3 Å². The Hall–Kier alpha value is -4.26. The fourth-order valence-corrected chi connectivity index (χ4v) is 3.33. The molecule has 2 aromatic heterocycles. The molecular formula is C25H23N5O2. The number of nitrogens with one attached hydrogen (secondary N) is 2. The molecule has 0 fully saturated rings. The maximum absolute atomic E-state index is 12.6. The van der Waals surface area contributed by atoms with Crippen LogP contribution in [0.15, 0.2) is 79.1 Å². The second-order valence-corrected chi connectivity index (χ2v) is 7.56. The van der Waals surface area contributed by atoms with Gasteiger partial charge in [0.25, 0.3) is 5.91 Å². The van der Waals surface area contributed by atoms with E-state index in [1.54, 1.807) is 41.3 Å². The molecule has 7 heteroatoms. The first-order valence-electron chi connectivity index (χ1n) is 10.2. The number of aryl methyl sites for hydroxylation is 2. The van der Waals surface area contributed by atoms with Gasteiger partial charge in [-0.05, 0) is 49.7 Å². The number of rotatable bonds is 6. The number of hydrogen-bond acceptors (Lipinski definition) is 4. The Morgan fingerprint density at radius 3 is 2.56 bits per heavy atom. The number of carbonyl (C=O) groups is 2. The van der Waals surface area contributed by atoms with Gasteiger partial charge in [-0.3, -0.25) is 9.59 Å². The number of amides is 2. The summed E-state index contributed by atoms with van der Waals surface area (Å²) < 4.78 is 1.62. The highest BCUT2D eigenvalue weighted by Crippen LogP contribution is 2.15. The number of nitrogens with zero attached hydrogens (tertiary/aromatic N) is 3. The number of benzene rings is 2. The summed E-state index contributed by atoms with van der Waals surface area (Å²) in [5, 5.41) is 9.98. The standard InChI is InChI=1S/C25H23N5O2/c1-17-6-3-8-19(12-17)13-24(31)28-21-15-26-30(16-21)22-10-5-9-20(14-22)25(32)29-23-11-4-7-18(2)27-23/h3-12,14-16H,13H2,1-2H3,(H,28,31)(H,27,29,32). The van der Waals surface area contributed by atoms with Gasteiger partial charge in [-0.1, -0.05) is 42.0 Å². The Morgan fingerprint density at radius 2 is 1.75 bits per heavy atom. The molecule has 160 valence electrons. The third-order valence-corrected chi connectivity index (χ3v) is 4.82. The van der Waals surface area contributed by atoms with Gasteiger partial charge in [-0.25, -0.2) is 9.67 Å². The Morgan fingerprint density at radius 1 is 0.938 bits per heavy atom. The third-order valence-electron chi connectivity index (χ3n) is 4.82. The highest BCUT2D eigenvalue weighted by atomic mass is 16.2. The van der Waals surface area contributed by atoms with Crippen LogP contribution in [0.3, 0.4) is 0 Å². The van der Waals surface area contributed by atoms with E-state index in [-0.39, 0.29) is 18.2 Å². The van der Waals surface area contributed by atoms with Crippen LogP contribution in [0.2, 0.25) is 0 Å². The Balaban J connectivity index is 1.43. The number of carbonyl (C=O) groups excluding carboxylic acids is 2. The molecule has 2 amide bonds. The van der Waals surface area contributed by atoms with Gasteiger partial charge in [0.05, 0.1) is 30.2 Å². The monoisotopic (exact) mass is 425 g/mol. The van der Waals surface area contributed by atoms with Crippen molar-refractivity contribution in [1.82, 2.24) is 14.8 Å². The van der Waals surface area contributed by atoms with E-state index in [4.69, 9.17) is 0 Å². The van der Waals surface area contributed by atoms with Crippen molar-refractivity contribution >= 4 is 23.3 Å². The van der Waals surface area contributed by atoms with Gasteiger partial charge in [0, 0.05) is 11.3 Å². The van der Waals surface area contributed by atoms with Gasteiger partial charge in [0.1, 0.15) is 5.82 Å². The summed E-state index contributed by atoms with van der Waals surface area (Å²) in [6.45, 7) is 3.86. The van der Waals surface area contributed by atoms with Crippen LogP contribution < -0.4 is 10.6 Å². The topological polar surface area (TPSA) is 88.9 Å². The zero-order chi connectivity index (χ0) is 22.5. The van der Waals surface area contributed by atoms with Crippen LogP contribution in [0.5, 0.6) is 0 Å². The van der Waals surface area contributed by atoms with Crippen LogP contribution in [0.1, 0.15) is 27.2 Å². The first kappa shape index (κ1) is 21.0. The molecule has 0 aliphatic rings. The lowest BCUT2D eigenvalue weighted by atomic mass is 10.1. The molecule has 0 atom stereocenters. The van der Waals surface area contributed by atoms with E-state index in [0.29, 0.717) is 22.8 Å². The smallest absolute Gasteiger partial charge is 0.256 e. The predicted molar refractivity (Wildman–Crippen MR) is 124 cm³/mol. The first-order chi connectivity index (χ1) is 15.5. The lowest BCUT2D eigenvalue weighted by Gasteiger charge is -2.07. The molecule has 0 saturated carbocycles. The molecule has 0 aliphatic heterocycles. The molecule has 32 heavy (non-hydrogen) atoms. The van der Waals surface area contributed by atoms with Crippen molar-refractivity contribution in [3.8, 4) is 5.69 Å². The molecule has 4 rings (SSSR count). The highest BCUT2D eigenvalue weighted by Gasteiger charge is 2.10. The minimum Gasteiger partial charge on any atom is -0.323 e. The molecule has 2 N–H and O–H groups in total. The van der Waals surface area contributed by atoms with Crippen molar-refractivity contribution in [2.24, 2.45) is 0 Å². The molecule has 4 aromatic rings. The molecule has 0 aliphatic carbocycles. The van der Waals surface area contributed by atoms with E-state index in [9.17, 15) is 9.59 Å². The van der Waals surface area contributed by atoms with Crippen LogP contribution >= 0.6 is 0 Å². The molecule has 0 spiro atoms. The maximum Gasteiger partial charge on any atom is 0.256 e. The average molecular weight is 425 g/mol. The average Bonchev–Trinajstić information content (AvgIpc) is 3.22. The van der Waals surface area contributed by atoms with Crippen molar-refractivity contribution in [3.63, 3.8) is 0 Å². The number of aromatic nitrogens is 3. The van der Waals surface area contributed by atoms with Crippen molar-refractivity contribution < 1.29 is 9.59 Å². The van der Waals surface area contributed by atoms with Gasteiger partial charge in [0.15, 0.2) is 0 Å². The van der Waals surface area contributed by atoms with Crippen LogP contribution in [0.25, 0.3) is 5.69 Å². The summed E-state index contributed by atoms with van der Waals surface area (Å²) in [4.78, 5) is 29.3. The molecule has 2 heterocycles. The SMILES string of the molecule is Cc1cccc(CC(=O)Nc2cnn(-c3cccc(C(=O)Nc4cccc(C)n4)c3)c2)c1. The van der Waals surface area contributed by atoms with Crippen LogP contribution in [0, 0.1) is 13.8 Å². The van der Waals surface area contributed by atoms with Gasteiger partial charge in [0.2, 0.25) is 5.91 Å². The first-order valence-corrected chi connectivity index (χ1v) is 10.2. The summed E-state index contributed by atoms with van der Waals surface area (Å²) in [5.41, 5.74) is 4.66. The predicted octanol–water partition coefficient (Wildman–Crippen LogP) is 4.32. The molecular weight excluding hydrogens is 402 g/mol. The van der Waals surface area contributed by atoms with Crippen LogP contribution in [-0.2, 0) is 11.2 Å². The van der Waals surface area contributed by atoms with Gasteiger partial charge < -0.3 is 10.6 Å². The quantitative estimate of drug-likeness (QED) is 0.482. The minimum absolute atomic E-state index is 0.117. The summed E-state index contributed by atoms with van der Waals surface area (Å²) in [6.07, 6.45) is 3.58. The minimum atomic E-state index is -0.260. The number of pyridine rings is 1. The lowest BCUT2D eigenvalue weighted by molar-refractivity contribution is -0.115. The summed E-state index contributed by atoms with van der Waals surface area (Å²) in [7, 11) is 0. The zero-order valence-electron chi connectivity index (χ0n) is 17.9. The molecule has 0 saturated heterocycles. The van der Waals surface area contributed by atoms with E-state index >= 15 is 0 Å². The summed E-state index contributed by atoms with van der Waals surface area (Å²) >= 11 is 0. The number of hydrogen-bond donors (Lipinski definition) is 2. The fourth-order valence-electron chi connectivity index (χ4n) is 3.33. The maximum atomic E-state index is 12.6. The molecule has 0 unspecified atom stereocenters. The molecule has 0 bridgehead atoms. The zero-order valence-corrected chi connectivity index (χ0v) is 17.9. The summed E-state index contributed by atoms with van der Waals surface area (Å²) in [6, 6.07) is 20.4. The molecule has 0 radical (unpaired) electrons. The van der Waals surface area contributed by atoms with Crippen LogP contribution in [-0.4, -0.2) is 26.6 Å². The third kappa shape index (κ3) is 5.26. The van der Waals surface area contributed by atoms with E-state index in [1.165, 1.54) is 0 Å². The van der Waals surface area contributed by atoms with Crippen molar-refractivity contribution in [2.75, 3.05) is 10.6 Å². The molecule has 2 aromatic carbocycles. The van der Waals surface area contributed by atoms with Gasteiger partial charge >= 0.3 is 0 Å². The second kappa shape index (κ2) is 9.26. The van der Waals surface area contributed by atoms with Gasteiger partial charge in [-0.2, -0.15) is 5.10 Å². The normalized spacial score (nSPS) is 10.6. The van der Waals surface area contributed by atoms with E-state index in [2.05, 4.69) is 20.7 Å².